The smallest absolute Gasteiger partial charge is 0.306 e. The average molecular weight is 496 g/mol. The fourth-order valence-corrected chi connectivity index (χ4v) is 4.41. The maximum atomic E-state index is 13.7. The Morgan fingerprint density at radius 3 is 2.50 bits per heavy atom. The molecule has 0 radical (unpaired) electrons. The van der Waals surface area contributed by atoms with E-state index in [9.17, 15) is 19.8 Å². The first-order valence-electron chi connectivity index (χ1n) is 11.6. The van der Waals surface area contributed by atoms with Crippen molar-refractivity contribution in [2.45, 2.75) is 32.2 Å². The van der Waals surface area contributed by atoms with Gasteiger partial charge in [-0.15, -0.1) is 0 Å². The number of aromatic hydroxyl groups is 2. The summed E-state index contributed by atoms with van der Waals surface area (Å²) >= 11 is 0. The Morgan fingerprint density at radius 2 is 1.81 bits per heavy atom. The molecule has 1 aliphatic rings. The van der Waals surface area contributed by atoms with Crippen LogP contribution in [0.5, 0.6) is 28.7 Å². The first-order valence-corrected chi connectivity index (χ1v) is 11.6. The highest BCUT2D eigenvalue weighted by Crippen LogP contribution is 2.44. The lowest BCUT2D eigenvalue weighted by molar-refractivity contribution is -0.140. The van der Waals surface area contributed by atoms with Crippen molar-refractivity contribution >= 4 is 5.97 Å². The number of ether oxygens (including phenoxy) is 4. The number of hydrogen-bond donors (Lipinski definition) is 2. The van der Waals surface area contributed by atoms with Gasteiger partial charge in [0.05, 0.1) is 26.2 Å². The fraction of sp³-hybridized carbons (Fsp3) is 0.333. The molecule has 0 saturated heterocycles. The molecule has 0 bridgehead atoms. The van der Waals surface area contributed by atoms with E-state index in [-0.39, 0.29) is 23.5 Å². The van der Waals surface area contributed by atoms with E-state index < -0.39 is 17.4 Å². The molecule has 0 aliphatic carbocycles. The third-order valence-corrected chi connectivity index (χ3v) is 6.28. The number of carbonyl (C=O) groups is 1. The van der Waals surface area contributed by atoms with E-state index in [1.165, 1.54) is 20.3 Å². The molecule has 0 amide bonds. The Balaban J connectivity index is 1.79. The molecular formula is C27H29NO8. The molecule has 0 spiro atoms. The Labute approximate surface area is 208 Å². The number of aryl methyl sites for hydroxylation is 2. The van der Waals surface area contributed by atoms with Crippen LogP contribution in [0, 0.1) is 6.92 Å². The summed E-state index contributed by atoms with van der Waals surface area (Å²) in [5.41, 5.74) is 1.74. The van der Waals surface area contributed by atoms with Crippen LogP contribution < -0.4 is 19.8 Å². The van der Waals surface area contributed by atoms with Gasteiger partial charge in [-0.1, -0.05) is 12.1 Å². The third-order valence-electron chi connectivity index (χ3n) is 6.28. The predicted octanol–water partition coefficient (Wildman–Crippen LogP) is 3.29. The summed E-state index contributed by atoms with van der Waals surface area (Å²) in [6.45, 7) is 2.81. The van der Waals surface area contributed by atoms with E-state index in [0.717, 1.165) is 5.56 Å². The van der Waals surface area contributed by atoms with Gasteiger partial charge >= 0.3 is 5.97 Å². The summed E-state index contributed by atoms with van der Waals surface area (Å²) in [5.74, 6) is -0.121. The Morgan fingerprint density at radius 1 is 1.08 bits per heavy atom. The molecule has 0 saturated carbocycles. The molecule has 0 fully saturated rings. The molecule has 1 unspecified atom stereocenters. The third kappa shape index (κ3) is 5.10. The zero-order valence-electron chi connectivity index (χ0n) is 20.4. The number of esters is 1. The number of pyridine rings is 1. The quantitative estimate of drug-likeness (QED) is 0.458. The molecule has 190 valence electrons. The van der Waals surface area contributed by atoms with Crippen molar-refractivity contribution in [3.05, 3.63) is 75.2 Å². The summed E-state index contributed by atoms with van der Waals surface area (Å²) in [5, 5.41) is 20.4. The predicted molar refractivity (Wildman–Crippen MR) is 131 cm³/mol. The topological polar surface area (TPSA) is 116 Å². The summed E-state index contributed by atoms with van der Waals surface area (Å²) in [6.07, 6.45) is 0.355. The standard InChI is InChI=1S/C27H29NO8/c1-16-12-21(30)25(27(32)28(16)9-8-17-4-6-19(29)7-5-17)20(15-24(31)34-3)18-13-22(33-2)26-23(14-18)35-10-11-36-26/h4-7,12-14,20,29-30H,8-11,15H2,1-3H3. The summed E-state index contributed by atoms with van der Waals surface area (Å²) < 4.78 is 23.4. The highest BCUT2D eigenvalue weighted by molar-refractivity contribution is 5.72. The first kappa shape index (κ1) is 25.0. The van der Waals surface area contributed by atoms with Gasteiger partial charge in [0, 0.05) is 18.2 Å². The van der Waals surface area contributed by atoms with E-state index in [4.69, 9.17) is 18.9 Å². The molecule has 4 rings (SSSR count). The largest absolute Gasteiger partial charge is 0.508 e. The van der Waals surface area contributed by atoms with Crippen molar-refractivity contribution in [1.82, 2.24) is 4.57 Å². The van der Waals surface area contributed by atoms with Crippen LogP contribution in [0.3, 0.4) is 0 Å². The Bertz CT molecular complexity index is 1300. The lowest BCUT2D eigenvalue weighted by atomic mass is 9.87. The maximum absolute atomic E-state index is 13.7. The van der Waals surface area contributed by atoms with Crippen molar-refractivity contribution in [3.63, 3.8) is 0 Å². The van der Waals surface area contributed by atoms with Crippen LogP contribution in [0.25, 0.3) is 0 Å². The fourth-order valence-electron chi connectivity index (χ4n) is 4.41. The van der Waals surface area contributed by atoms with Crippen molar-refractivity contribution in [1.29, 1.82) is 0 Å². The summed E-state index contributed by atoms with van der Waals surface area (Å²) in [7, 11) is 2.76. The van der Waals surface area contributed by atoms with E-state index >= 15 is 0 Å². The molecular weight excluding hydrogens is 466 g/mol. The van der Waals surface area contributed by atoms with E-state index in [1.54, 1.807) is 47.9 Å². The van der Waals surface area contributed by atoms with Gasteiger partial charge in [-0.2, -0.15) is 0 Å². The summed E-state index contributed by atoms with van der Waals surface area (Å²) in [6, 6.07) is 11.7. The van der Waals surface area contributed by atoms with Gasteiger partial charge < -0.3 is 33.7 Å². The van der Waals surface area contributed by atoms with Crippen LogP contribution >= 0.6 is 0 Å². The van der Waals surface area contributed by atoms with Gasteiger partial charge in [0.1, 0.15) is 24.7 Å². The molecule has 1 atom stereocenters. The first-order chi connectivity index (χ1) is 17.3. The van der Waals surface area contributed by atoms with Gasteiger partial charge in [-0.25, -0.2) is 0 Å². The molecule has 3 aromatic rings. The van der Waals surface area contributed by atoms with Crippen LogP contribution in [0.15, 0.2) is 47.3 Å². The van der Waals surface area contributed by atoms with Crippen molar-refractivity contribution in [2.24, 2.45) is 0 Å². The van der Waals surface area contributed by atoms with Gasteiger partial charge in [0.2, 0.25) is 5.75 Å². The van der Waals surface area contributed by atoms with Crippen molar-refractivity contribution in [3.8, 4) is 28.7 Å². The van der Waals surface area contributed by atoms with Crippen molar-refractivity contribution < 1.29 is 34.0 Å². The normalized spacial score (nSPS) is 13.2. The number of phenolic OH excluding ortho intramolecular Hbond substituents is 1. The molecule has 2 aromatic carbocycles. The number of fused-ring (bicyclic) bond motifs is 1. The number of nitrogens with zero attached hydrogens (tertiary/aromatic N) is 1. The van der Waals surface area contributed by atoms with Crippen LogP contribution in [-0.4, -0.2) is 48.2 Å². The van der Waals surface area contributed by atoms with Crippen molar-refractivity contribution in [2.75, 3.05) is 27.4 Å². The second-order valence-corrected chi connectivity index (χ2v) is 8.54. The number of hydrogen-bond acceptors (Lipinski definition) is 8. The van der Waals surface area contributed by atoms with E-state index in [0.29, 0.717) is 54.7 Å². The average Bonchev–Trinajstić information content (AvgIpc) is 2.88. The number of aromatic nitrogens is 1. The maximum Gasteiger partial charge on any atom is 0.306 e. The second-order valence-electron chi connectivity index (χ2n) is 8.54. The molecule has 9 heteroatoms. The number of methoxy groups -OCH3 is 2. The lowest BCUT2D eigenvalue weighted by Gasteiger charge is -2.25. The lowest BCUT2D eigenvalue weighted by Crippen LogP contribution is -2.29. The highest BCUT2D eigenvalue weighted by Gasteiger charge is 2.29. The number of rotatable bonds is 8. The minimum atomic E-state index is -0.824. The van der Waals surface area contributed by atoms with Gasteiger partial charge in [0.25, 0.3) is 5.56 Å². The van der Waals surface area contributed by atoms with Gasteiger partial charge in [-0.3, -0.25) is 9.59 Å². The van der Waals surface area contributed by atoms with Gasteiger partial charge in [0.15, 0.2) is 11.5 Å². The minimum Gasteiger partial charge on any atom is -0.508 e. The van der Waals surface area contributed by atoms with E-state index in [2.05, 4.69) is 0 Å². The zero-order valence-corrected chi connectivity index (χ0v) is 20.4. The monoisotopic (exact) mass is 495 g/mol. The molecule has 2 heterocycles. The number of benzene rings is 2. The Hall–Kier alpha value is -4.14. The molecule has 2 N–H and O–H groups in total. The summed E-state index contributed by atoms with van der Waals surface area (Å²) in [4.78, 5) is 26.1. The Kier molecular flexibility index (Phi) is 7.38. The van der Waals surface area contributed by atoms with Gasteiger partial charge in [-0.05, 0) is 54.8 Å². The second kappa shape index (κ2) is 10.6. The molecule has 1 aliphatic heterocycles. The highest BCUT2D eigenvalue weighted by atomic mass is 16.6. The molecule has 1 aromatic heterocycles. The van der Waals surface area contributed by atoms with Crippen LogP contribution in [0.4, 0.5) is 0 Å². The van der Waals surface area contributed by atoms with Crippen LogP contribution in [-0.2, 0) is 22.5 Å². The molecule has 36 heavy (non-hydrogen) atoms. The SMILES string of the molecule is COC(=O)CC(c1cc(OC)c2c(c1)OCCO2)c1c(O)cc(C)n(CCc2ccc(O)cc2)c1=O. The van der Waals surface area contributed by atoms with Crippen LogP contribution in [0.1, 0.15) is 34.7 Å². The zero-order chi connectivity index (χ0) is 25.8. The number of phenols is 1. The minimum absolute atomic E-state index is 0.0791. The van der Waals surface area contributed by atoms with E-state index in [1.807, 2.05) is 0 Å². The molecule has 9 nitrogen and oxygen atoms in total. The number of carbonyl (C=O) groups excluding carboxylic acids is 1. The van der Waals surface area contributed by atoms with Crippen LogP contribution in [0.2, 0.25) is 0 Å².